The van der Waals surface area contributed by atoms with Crippen molar-refractivity contribution in [2.24, 2.45) is 5.41 Å². The number of rotatable bonds is 3. The molecule has 3 nitrogen and oxygen atoms in total. The van der Waals surface area contributed by atoms with Gasteiger partial charge in [-0.25, -0.2) is 4.79 Å². The highest BCUT2D eigenvalue weighted by atomic mass is 35.5. The average Bonchev–Trinajstić information content (AvgIpc) is 2.36. The summed E-state index contributed by atoms with van der Waals surface area (Å²) in [6, 6.07) is 5.80. The lowest BCUT2D eigenvalue weighted by Gasteiger charge is -2.39. The minimum atomic E-state index is -0.970. The van der Waals surface area contributed by atoms with Crippen molar-refractivity contribution in [1.82, 2.24) is 0 Å². The number of aliphatic carboxylic acids is 1. The molecular formula is C16H20ClNO2. The third kappa shape index (κ3) is 3.76. The van der Waals surface area contributed by atoms with Crippen molar-refractivity contribution in [2.45, 2.75) is 26.7 Å². The summed E-state index contributed by atoms with van der Waals surface area (Å²) in [4.78, 5) is 12.9. The molecule has 1 saturated heterocycles. The first-order valence-corrected chi connectivity index (χ1v) is 7.21. The Morgan fingerprint density at radius 2 is 2.20 bits per heavy atom. The molecule has 0 radical (unpaired) electrons. The van der Waals surface area contributed by atoms with Crippen molar-refractivity contribution >= 4 is 29.3 Å². The largest absolute Gasteiger partial charge is 0.478 e. The molecule has 1 N–H and O–H groups in total. The van der Waals surface area contributed by atoms with Gasteiger partial charge >= 0.3 is 5.97 Å². The van der Waals surface area contributed by atoms with Crippen LogP contribution in [-0.2, 0) is 4.79 Å². The van der Waals surface area contributed by atoms with Crippen LogP contribution in [0.4, 0.5) is 5.69 Å². The van der Waals surface area contributed by atoms with E-state index in [0.29, 0.717) is 10.4 Å². The summed E-state index contributed by atoms with van der Waals surface area (Å²) in [7, 11) is 0. The molecule has 0 unspecified atom stereocenters. The molecule has 1 heterocycles. The number of carboxylic acid groups (broad SMARTS) is 1. The maximum absolute atomic E-state index is 10.5. The molecule has 1 aromatic carbocycles. The van der Waals surface area contributed by atoms with Crippen molar-refractivity contribution in [3.05, 3.63) is 34.9 Å². The van der Waals surface area contributed by atoms with Gasteiger partial charge < -0.3 is 10.0 Å². The third-order valence-corrected chi connectivity index (χ3v) is 3.98. The first-order valence-electron chi connectivity index (χ1n) is 6.83. The smallest absolute Gasteiger partial charge is 0.328 e. The van der Waals surface area contributed by atoms with Gasteiger partial charge in [0.15, 0.2) is 0 Å². The molecule has 108 valence electrons. The third-order valence-electron chi connectivity index (χ3n) is 3.66. The van der Waals surface area contributed by atoms with Crippen LogP contribution in [0.1, 0.15) is 32.3 Å². The fourth-order valence-electron chi connectivity index (χ4n) is 2.65. The van der Waals surface area contributed by atoms with Crippen LogP contribution in [-0.4, -0.2) is 24.2 Å². The zero-order chi connectivity index (χ0) is 14.8. The van der Waals surface area contributed by atoms with Crippen molar-refractivity contribution in [3.63, 3.8) is 0 Å². The maximum atomic E-state index is 10.5. The summed E-state index contributed by atoms with van der Waals surface area (Å²) in [5.74, 6) is -0.970. The van der Waals surface area contributed by atoms with E-state index in [1.54, 1.807) is 0 Å². The van der Waals surface area contributed by atoms with Gasteiger partial charge in [-0.05, 0) is 42.0 Å². The fourth-order valence-corrected chi connectivity index (χ4v) is 2.89. The molecule has 1 aliphatic rings. The van der Waals surface area contributed by atoms with Gasteiger partial charge in [0.1, 0.15) is 0 Å². The highest BCUT2D eigenvalue weighted by Crippen LogP contribution is 2.33. The summed E-state index contributed by atoms with van der Waals surface area (Å²) in [6.07, 6.45) is 5.06. The van der Waals surface area contributed by atoms with E-state index in [2.05, 4.69) is 18.7 Å². The van der Waals surface area contributed by atoms with E-state index in [9.17, 15) is 4.79 Å². The quantitative estimate of drug-likeness (QED) is 0.854. The SMILES string of the molecule is CC1(C)CCCN(c2ccc(/C=C/C(=O)O)c(Cl)c2)C1. The minimum absolute atomic E-state index is 0.326. The number of carbonyl (C=O) groups is 1. The van der Waals surface area contributed by atoms with Crippen LogP contribution in [0.25, 0.3) is 6.08 Å². The maximum Gasteiger partial charge on any atom is 0.328 e. The zero-order valence-corrected chi connectivity index (χ0v) is 12.7. The lowest BCUT2D eigenvalue weighted by atomic mass is 9.84. The van der Waals surface area contributed by atoms with Gasteiger partial charge in [0.05, 0.1) is 0 Å². The summed E-state index contributed by atoms with van der Waals surface area (Å²) in [6.45, 7) is 6.63. The Balaban J connectivity index is 2.18. The number of halogens is 1. The number of hydrogen-bond donors (Lipinski definition) is 1. The molecule has 2 rings (SSSR count). The number of benzene rings is 1. The second kappa shape index (κ2) is 5.88. The predicted molar refractivity (Wildman–Crippen MR) is 83.3 cm³/mol. The lowest BCUT2D eigenvalue weighted by molar-refractivity contribution is -0.131. The molecule has 0 amide bonds. The van der Waals surface area contributed by atoms with Crippen LogP contribution in [0.15, 0.2) is 24.3 Å². The molecule has 0 aromatic heterocycles. The molecular weight excluding hydrogens is 274 g/mol. The number of anilines is 1. The molecule has 0 spiro atoms. The predicted octanol–water partition coefficient (Wildman–Crippen LogP) is 4.06. The van der Waals surface area contributed by atoms with Crippen LogP contribution in [0, 0.1) is 5.41 Å². The summed E-state index contributed by atoms with van der Waals surface area (Å²) < 4.78 is 0. The Morgan fingerprint density at radius 1 is 1.45 bits per heavy atom. The van der Waals surface area contributed by atoms with Gasteiger partial charge in [0.2, 0.25) is 0 Å². The summed E-state index contributed by atoms with van der Waals surface area (Å²) >= 11 is 6.23. The number of piperidine rings is 1. The van der Waals surface area contributed by atoms with E-state index in [1.165, 1.54) is 18.9 Å². The number of hydrogen-bond acceptors (Lipinski definition) is 2. The van der Waals surface area contributed by atoms with Gasteiger partial charge in [0, 0.05) is 29.9 Å². The van der Waals surface area contributed by atoms with E-state index in [1.807, 2.05) is 18.2 Å². The zero-order valence-electron chi connectivity index (χ0n) is 11.9. The molecule has 0 aliphatic carbocycles. The van der Waals surface area contributed by atoms with E-state index in [4.69, 9.17) is 16.7 Å². The standard InChI is InChI=1S/C16H20ClNO2/c1-16(2)8-3-9-18(11-16)13-6-4-12(14(17)10-13)5-7-15(19)20/h4-7,10H,3,8-9,11H2,1-2H3,(H,19,20)/b7-5+. The highest BCUT2D eigenvalue weighted by Gasteiger charge is 2.26. The molecule has 1 aromatic rings. The fraction of sp³-hybridized carbons (Fsp3) is 0.438. The monoisotopic (exact) mass is 293 g/mol. The second-order valence-electron chi connectivity index (χ2n) is 6.07. The van der Waals surface area contributed by atoms with E-state index in [-0.39, 0.29) is 0 Å². The topological polar surface area (TPSA) is 40.5 Å². The molecule has 4 heteroatoms. The number of nitrogens with zero attached hydrogens (tertiary/aromatic N) is 1. The summed E-state index contributed by atoms with van der Waals surface area (Å²) in [5.41, 5.74) is 2.16. The summed E-state index contributed by atoms with van der Waals surface area (Å²) in [5, 5.41) is 9.23. The molecule has 0 bridgehead atoms. The van der Waals surface area contributed by atoms with Gasteiger partial charge in [0.25, 0.3) is 0 Å². The van der Waals surface area contributed by atoms with Crippen LogP contribution in [0.5, 0.6) is 0 Å². The van der Waals surface area contributed by atoms with Crippen molar-refractivity contribution < 1.29 is 9.90 Å². The van der Waals surface area contributed by atoms with Gasteiger partial charge in [-0.1, -0.05) is 31.5 Å². The van der Waals surface area contributed by atoms with E-state index >= 15 is 0 Å². The van der Waals surface area contributed by atoms with Crippen molar-refractivity contribution in [1.29, 1.82) is 0 Å². The molecule has 20 heavy (non-hydrogen) atoms. The van der Waals surface area contributed by atoms with E-state index in [0.717, 1.165) is 30.4 Å². The lowest BCUT2D eigenvalue weighted by Crippen LogP contribution is -2.40. The van der Waals surface area contributed by atoms with Crippen molar-refractivity contribution in [3.8, 4) is 0 Å². The molecule has 1 aliphatic heterocycles. The van der Waals surface area contributed by atoms with Crippen LogP contribution in [0.3, 0.4) is 0 Å². The first-order chi connectivity index (χ1) is 9.37. The normalized spacial score (nSPS) is 18.4. The Labute approximate surface area is 124 Å². The Hall–Kier alpha value is -1.48. The minimum Gasteiger partial charge on any atom is -0.478 e. The van der Waals surface area contributed by atoms with Crippen LogP contribution >= 0.6 is 11.6 Å². The second-order valence-corrected chi connectivity index (χ2v) is 6.47. The Bertz CT molecular complexity index is 537. The first kappa shape index (κ1) is 14.9. The molecule has 0 saturated carbocycles. The van der Waals surface area contributed by atoms with Crippen LogP contribution < -0.4 is 4.90 Å². The van der Waals surface area contributed by atoms with Crippen molar-refractivity contribution in [2.75, 3.05) is 18.0 Å². The van der Waals surface area contributed by atoms with Gasteiger partial charge in [-0.3, -0.25) is 0 Å². The van der Waals surface area contributed by atoms with Gasteiger partial charge in [-0.2, -0.15) is 0 Å². The van der Waals surface area contributed by atoms with Crippen LogP contribution in [0.2, 0.25) is 5.02 Å². The van der Waals surface area contributed by atoms with Gasteiger partial charge in [-0.15, -0.1) is 0 Å². The Kier molecular flexibility index (Phi) is 4.39. The highest BCUT2D eigenvalue weighted by molar-refractivity contribution is 6.32. The Morgan fingerprint density at radius 3 is 2.80 bits per heavy atom. The molecule has 0 atom stereocenters. The van der Waals surface area contributed by atoms with E-state index < -0.39 is 5.97 Å². The average molecular weight is 294 g/mol. The number of carboxylic acids is 1. The molecule has 1 fully saturated rings.